The van der Waals surface area contributed by atoms with Crippen LogP contribution < -0.4 is 29.6 Å². The van der Waals surface area contributed by atoms with Crippen LogP contribution in [0.25, 0.3) is 0 Å². The smallest absolute Gasteiger partial charge is 0.238 e. The number of hydrogen-bond donors (Lipinski definition) is 2. The highest BCUT2D eigenvalue weighted by atomic mass is 16.5. The number of nitrogens with one attached hydrogen (secondary N) is 2. The topological polar surface area (TPSA) is 98.4 Å². The van der Waals surface area contributed by atoms with Crippen LogP contribution in [0, 0.1) is 5.92 Å². The van der Waals surface area contributed by atoms with Gasteiger partial charge in [0, 0.05) is 24.2 Å². The van der Waals surface area contributed by atoms with Crippen LogP contribution in [0.3, 0.4) is 0 Å². The van der Waals surface area contributed by atoms with Crippen molar-refractivity contribution < 1.29 is 28.5 Å². The standard InChI is InChI=1S/C26H35N3O6/c1-32-21-7-5-18(15-23(21)34-3)9-12-27-26(31)19-10-13-29(14-11-19)17-25(30)28-20-6-8-22(33-2)24(16-20)35-4/h5-8,15-16,19H,9-14,17H2,1-4H3,(H,27,31)(H,28,30). The maximum absolute atomic E-state index is 12.6. The SMILES string of the molecule is COc1ccc(CCNC(=O)C2CCN(CC(=O)Nc3ccc(OC)c(OC)c3)CC2)cc1OC. The highest BCUT2D eigenvalue weighted by molar-refractivity contribution is 5.92. The number of carbonyl (C=O) groups is 2. The van der Waals surface area contributed by atoms with E-state index in [9.17, 15) is 9.59 Å². The zero-order valence-corrected chi connectivity index (χ0v) is 20.9. The summed E-state index contributed by atoms with van der Waals surface area (Å²) in [6.45, 7) is 2.24. The first-order chi connectivity index (χ1) is 17.0. The van der Waals surface area contributed by atoms with Crippen molar-refractivity contribution in [2.45, 2.75) is 19.3 Å². The number of amides is 2. The van der Waals surface area contributed by atoms with E-state index in [1.807, 2.05) is 18.2 Å². The molecule has 2 amide bonds. The normalized spacial score (nSPS) is 14.2. The fraction of sp³-hybridized carbons (Fsp3) is 0.462. The number of benzene rings is 2. The van der Waals surface area contributed by atoms with Crippen molar-refractivity contribution in [1.29, 1.82) is 0 Å². The van der Waals surface area contributed by atoms with Crippen molar-refractivity contribution in [2.24, 2.45) is 5.92 Å². The predicted octanol–water partition coefficient (Wildman–Crippen LogP) is 2.73. The molecule has 0 aromatic heterocycles. The molecule has 1 fully saturated rings. The number of anilines is 1. The fourth-order valence-corrected chi connectivity index (χ4v) is 4.18. The van der Waals surface area contributed by atoms with Gasteiger partial charge in [0.1, 0.15) is 0 Å². The molecule has 0 bridgehead atoms. The molecule has 9 heteroatoms. The molecule has 1 aliphatic heterocycles. The Bertz CT molecular complexity index is 1000. The Labute approximate surface area is 206 Å². The predicted molar refractivity (Wildman–Crippen MR) is 134 cm³/mol. The maximum atomic E-state index is 12.6. The molecule has 0 saturated carbocycles. The maximum Gasteiger partial charge on any atom is 0.238 e. The minimum atomic E-state index is -0.102. The minimum Gasteiger partial charge on any atom is -0.493 e. The lowest BCUT2D eigenvalue weighted by Gasteiger charge is -2.30. The molecular weight excluding hydrogens is 450 g/mol. The molecule has 9 nitrogen and oxygen atoms in total. The summed E-state index contributed by atoms with van der Waals surface area (Å²) >= 11 is 0. The highest BCUT2D eigenvalue weighted by Crippen LogP contribution is 2.30. The molecule has 1 aliphatic rings. The molecule has 0 aliphatic carbocycles. The summed E-state index contributed by atoms with van der Waals surface area (Å²) in [7, 11) is 6.34. The van der Waals surface area contributed by atoms with E-state index in [0.29, 0.717) is 54.7 Å². The number of carbonyl (C=O) groups excluding carboxylic acids is 2. The second-order valence-electron chi connectivity index (χ2n) is 8.40. The Balaban J connectivity index is 1.39. The van der Waals surface area contributed by atoms with Gasteiger partial charge in [0.25, 0.3) is 0 Å². The molecular formula is C26H35N3O6. The lowest BCUT2D eigenvalue weighted by atomic mass is 9.96. The average molecular weight is 486 g/mol. The van der Waals surface area contributed by atoms with Gasteiger partial charge in [-0.25, -0.2) is 0 Å². The third-order valence-electron chi connectivity index (χ3n) is 6.15. The van der Waals surface area contributed by atoms with E-state index in [1.165, 1.54) is 0 Å². The van der Waals surface area contributed by atoms with Gasteiger partial charge >= 0.3 is 0 Å². The number of likely N-dealkylation sites (tertiary alicyclic amines) is 1. The van der Waals surface area contributed by atoms with Crippen molar-refractivity contribution in [2.75, 3.05) is 59.9 Å². The van der Waals surface area contributed by atoms with E-state index >= 15 is 0 Å². The summed E-state index contributed by atoms with van der Waals surface area (Å²) in [4.78, 5) is 27.2. The Morgan fingerprint density at radius 1 is 0.857 bits per heavy atom. The van der Waals surface area contributed by atoms with E-state index in [2.05, 4.69) is 15.5 Å². The number of piperidine rings is 1. The third kappa shape index (κ3) is 7.26. The first-order valence-electron chi connectivity index (χ1n) is 11.7. The lowest BCUT2D eigenvalue weighted by Crippen LogP contribution is -2.43. The number of ether oxygens (including phenoxy) is 4. The number of nitrogens with zero attached hydrogens (tertiary/aromatic N) is 1. The van der Waals surface area contributed by atoms with Crippen LogP contribution in [0.2, 0.25) is 0 Å². The number of rotatable bonds is 11. The van der Waals surface area contributed by atoms with Gasteiger partial charge in [-0.3, -0.25) is 14.5 Å². The molecule has 2 aromatic rings. The van der Waals surface area contributed by atoms with E-state index in [-0.39, 0.29) is 24.3 Å². The molecule has 0 spiro atoms. The molecule has 1 heterocycles. The van der Waals surface area contributed by atoms with Crippen molar-refractivity contribution in [3.8, 4) is 23.0 Å². The Morgan fingerprint density at radius 2 is 1.46 bits per heavy atom. The summed E-state index contributed by atoms with van der Waals surface area (Å²) in [6, 6.07) is 11.0. The molecule has 35 heavy (non-hydrogen) atoms. The van der Waals surface area contributed by atoms with E-state index in [4.69, 9.17) is 18.9 Å². The summed E-state index contributed by atoms with van der Waals surface area (Å²) in [5.41, 5.74) is 1.72. The zero-order chi connectivity index (χ0) is 25.2. The Hall–Kier alpha value is -3.46. The van der Waals surface area contributed by atoms with Gasteiger partial charge in [0.15, 0.2) is 23.0 Å². The van der Waals surface area contributed by atoms with Gasteiger partial charge in [-0.2, -0.15) is 0 Å². The van der Waals surface area contributed by atoms with Crippen LogP contribution in [0.5, 0.6) is 23.0 Å². The van der Waals surface area contributed by atoms with Crippen molar-refractivity contribution in [1.82, 2.24) is 10.2 Å². The molecule has 2 N–H and O–H groups in total. The van der Waals surface area contributed by atoms with Crippen LogP contribution in [0.4, 0.5) is 5.69 Å². The Kier molecular flexibility index (Phi) is 9.60. The molecule has 1 saturated heterocycles. The number of hydrogen-bond acceptors (Lipinski definition) is 7. The summed E-state index contributed by atoms with van der Waals surface area (Å²) in [6.07, 6.45) is 2.17. The number of methoxy groups -OCH3 is 4. The average Bonchev–Trinajstić information content (AvgIpc) is 2.88. The van der Waals surface area contributed by atoms with Crippen molar-refractivity contribution >= 4 is 17.5 Å². The second-order valence-corrected chi connectivity index (χ2v) is 8.40. The molecule has 0 atom stereocenters. The summed E-state index contributed by atoms with van der Waals surface area (Å²) in [5.74, 6) is 2.46. The molecule has 190 valence electrons. The summed E-state index contributed by atoms with van der Waals surface area (Å²) < 4.78 is 21.1. The monoisotopic (exact) mass is 485 g/mol. The molecule has 3 rings (SSSR count). The molecule has 0 unspecified atom stereocenters. The summed E-state index contributed by atoms with van der Waals surface area (Å²) in [5, 5.41) is 5.94. The fourth-order valence-electron chi connectivity index (χ4n) is 4.18. The van der Waals surface area contributed by atoms with Crippen LogP contribution in [-0.2, 0) is 16.0 Å². The molecule has 2 aromatic carbocycles. The van der Waals surface area contributed by atoms with Gasteiger partial charge in [0.2, 0.25) is 11.8 Å². The minimum absolute atomic E-state index is 0.0365. The van der Waals surface area contributed by atoms with Gasteiger partial charge in [0.05, 0.1) is 35.0 Å². The van der Waals surface area contributed by atoms with Gasteiger partial charge in [-0.15, -0.1) is 0 Å². The van der Waals surface area contributed by atoms with Crippen LogP contribution in [-0.4, -0.2) is 71.3 Å². The van der Waals surface area contributed by atoms with E-state index in [1.54, 1.807) is 46.6 Å². The largest absolute Gasteiger partial charge is 0.493 e. The lowest BCUT2D eigenvalue weighted by molar-refractivity contribution is -0.126. The van der Waals surface area contributed by atoms with Crippen molar-refractivity contribution in [3.63, 3.8) is 0 Å². The Morgan fingerprint density at radius 3 is 2.09 bits per heavy atom. The first kappa shape index (κ1) is 26.2. The van der Waals surface area contributed by atoms with Gasteiger partial charge < -0.3 is 29.6 Å². The second kappa shape index (κ2) is 12.9. The van der Waals surface area contributed by atoms with E-state index in [0.717, 1.165) is 18.4 Å². The van der Waals surface area contributed by atoms with Crippen molar-refractivity contribution in [3.05, 3.63) is 42.0 Å². The first-order valence-corrected chi connectivity index (χ1v) is 11.7. The third-order valence-corrected chi connectivity index (χ3v) is 6.15. The quantitative estimate of drug-likeness (QED) is 0.505. The van der Waals surface area contributed by atoms with Gasteiger partial charge in [-0.05, 0) is 62.2 Å². The zero-order valence-electron chi connectivity index (χ0n) is 20.9. The van der Waals surface area contributed by atoms with Crippen LogP contribution in [0.15, 0.2) is 36.4 Å². The molecule has 0 radical (unpaired) electrons. The van der Waals surface area contributed by atoms with Gasteiger partial charge in [-0.1, -0.05) is 6.07 Å². The van der Waals surface area contributed by atoms with E-state index < -0.39 is 0 Å². The van der Waals surface area contributed by atoms with Crippen LogP contribution in [0.1, 0.15) is 18.4 Å². The highest BCUT2D eigenvalue weighted by Gasteiger charge is 2.25. The van der Waals surface area contributed by atoms with Crippen LogP contribution >= 0.6 is 0 Å².